The first-order chi connectivity index (χ1) is 13.8. The third kappa shape index (κ3) is 3.47. The van der Waals surface area contributed by atoms with Crippen LogP contribution in [0.1, 0.15) is 41.8 Å². The van der Waals surface area contributed by atoms with Crippen molar-refractivity contribution in [2.45, 2.75) is 37.8 Å². The van der Waals surface area contributed by atoms with Gasteiger partial charge in [-0.25, -0.2) is 14.8 Å². The quantitative estimate of drug-likeness (QED) is 0.813. The molecule has 5 rings (SSSR count). The number of carbonyl (C=O) groups excluding carboxylic acids is 1. The number of aromatic nitrogens is 5. The summed E-state index contributed by atoms with van der Waals surface area (Å²) < 4.78 is 41.2. The molecule has 2 aromatic heterocycles. The maximum absolute atomic E-state index is 12.7. The number of rotatable bonds is 3. The van der Waals surface area contributed by atoms with Gasteiger partial charge in [0.2, 0.25) is 5.82 Å². The van der Waals surface area contributed by atoms with E-state index in [1.165, 1.54) is 6.33 Å². The lowest BCUT2D eigenvalue weighted by Crippen LogP contribution is -2.65. The molecule has 1 aliphatic carbocycles. The second-order valence-corrected chi connectivity index (χ2v) is 9.27. The standard InChI is InChI=1S/C17H20F3N7OS/c18-17(19,20)14-23-12(29-25-14)3-10-4-16(5-10)7-27(8-16)15(28)26-2-1-11(6-26)13-21-9-22-24-13/h9-11H,1-8H2,(H,21,22,24)/t11-/m0/s1. The van der Waals surface area contributed by atoms with Crippen LogP contribution in [0, 0.1) is 11.3 Å². The molecule has 2 amide bonds. The number of nitrogens with one attached hydrogen (secondary N) is 1. The Bertz CT molecular complexity index is 885. The highest BCUT2D eigenvalue weighted by molar-refractivity contribution is 7.05. The molecule has 0 unspecified atom stereocenters. The van der Waals surface area contributed by atoms with Crippen molar-refractivity contribution in [3.63, 3.8) is 0 Å². The zero-order valence-corrected chi connectivity index (χ0v) is 16.3. The predicted octanol–water partition coefficient (Wildman–Crippen LogP) is 2.54. The molecule has 2 saturated heterocycles. The Balaban J connectivity index is 1.08. The number of hydrogen-bond donors (Lipinski definition) is 1. The molecule has 1 atom stereocenters. The number of urea groups is 1. The Morgan fingerprint density at radius 1 is 1.31 bits per heavy atom. The van der Waals surface area contributed by atoms with Gasteiger partial charge in [-0.1, -0.05) is 0 Å². The van der Waals surface area contributed by atoms with Gasteiger partial charge in [0.15, 0.2) is 0 Å². The first-order valence-corrected chi connectivity index (χ1v) is 10.4. The molecular weight excluding hydrogens is 407 g/mol. The summed E-state index contributed by atoms with van der Waals surface area (Å²) in [5, 5.41) is 7.20. The maximum Gasteiger partial charge on any atom is 0.452 e. The summed E-state index contributed by atoms with van der Waals surface area (Å²) in [5.74, 6) is 0.316. The van der Waals surface area contributed by atoms with Crippen LogP contribution >= 0.6 is 11.5 Å². The number of carbonyl (C=O) groups is 1. The van der Waals surface area contributed by atoms with E-state index in [1.54, 1.807) is 0 Å². The Hall–Kier alpha value is -2.24. The number of H-pyrrole nitrogens is 1. The number of likely N-dealkylation sites (tertiary alicyclic amines) is 2. The lowest BCUT2D eigenvalue weighted by atomic mass is 9.57. The van der Waals surface area contributed by atoms with Crippen molar-refractivity contribution in [2.24, 2.45) is 11.3 Å². The monoisotopic (exact) mass is 427 g/mol. The van der Waals surface area contributed by atoms with E-state index in [1.807, 2.05) is 9.80 Å². The van der Waals surface area contributed by atoms with Crippen molar-refractivity contribution in [2.75, 3.05) is 26.2 Å². The van der Waals surface area contributed by atoms with E-state index < -0.39 is 12.0 Å². The normalized spacial score (nSPS) is 24.0. The molecule has 3 aliphatic rings. The van der Waals surface area contributed by atoms with Crippen molar-refractivity contribution in [1.82, 2.24) is 34.3 Å². The molecule has 2 aromatic rings. The molecule has 3 fully saturated rings. The average Bonchev–Trinajstić information content (AvgIpc) is 3.35. The molecule has 2 aliphatic heterocycles. The molecule has 1 spiro atoms. The molecule has 12 heteroatoms. The molecule has 0 radical (unpaired) electrons. The van der Waals surface area contributed by atoms with E-state index in [0.717, 1.165) is 56.3 Å². The third-order valence-corrected chi connectivity index (χ3v) is 6.96. The minimum atomic E-state index is -4.48. The van der Waals surface area contributed by atoms with Crippen molar-refractivity contribution in [3.8, 4) is 0 Å². The maximum atomic E-state index is 12.7. The van der Waals surface area contributed by atoms with Crippen LogP contribution in [0.15, 0.2) is 6.33 Å². The second-order valence-electron chi connectivity index (χ2n) is 8.43. The third-order valence-electron chi connectivity index (χ3n) is 6.23. The zero-order valence-electron chi connectivity index (χ0n) is 15.5. The Morgan fingerprint density at radius 2 is 2.10 bits per heavy atom. The number of hydrogen-bond acceptors (Lipinski definition) is 6. The van der Waals surface area contributed by atoms with Crippen molar-refractivity contribution in [1.29, 1.82) is 0 Å². The van der Waals surface area contributed by atoms with Gasteiger partial charge in [0.05, 0.1) is 0 Å². The summed E-state index contributed by atoms with van der Waals surface area (Å²) in [7, 11) is 0. The van der Waals surface area contributed by atoms with Gasteiger partial charge < -0.3 is 9.80 Å². The molecular formula is C17H20F3N7OS. The van der Waals surface area contributed by atoms with Crippen molar-refractivity contribution < 1.29 is 18.0 Å². The first-order valence-electron chi connectivity index (χ1n) is 9.60. The molecule has 1 saturated carbocycles. The van der Waals surface area contributed by atoms with Gasteiger partial charge >= 0.3 is 12.2 Å². The largest absolute Gasteiger partial charge is 0.452 e. The summed E-state index contributed by atoms with van der Waals surface area (Å²) in [6, 6.07) is 0.0695. The number of alkyl halides is 3. The highest BCUT2D eigenvalue weighted by Crippen LogP contribution is 2.53. The fourth-order valence-corrected chi connectivity index (χ4v) is 5.71. The van der Waals surface area contributed by atoms with Gasteiger partial charge in [-0.2, -0.15) is 22.6 Å². The minimum absolute atomic E-state index is 0.0695. The van der Waals surface area contributed by atoms with Crippen LogP contribution in [0.5, 0.6) is 0 Å². The molecule has 4 heterocycles. The number of halogens is 3. The topological polar surface area (TPSA) is 90.9 Å². The summed E-state index contributed by atoms with van der Waals surface area (Å²) in [6.07, 6.45) is 0.277. The molecule has 8 nitrogen and oxygen atoms in total. The van der Waals surface area contributed by atoms with Crippen LogP contribution < -0.4 is 0 Å². The van der Waals surface area contributed by atoms with E-state index in [-0.39, 0.29) is 17.4 Å². The number of aromatic amines is 1. The van der Waals surface area contributed by atoms with Crippen LogP contribution in [0.3, 0.4) is 0 Å². The Morgan fingerprint density at radius 3 is 2.76 bits per heavy atom. The highest BCUT2D eigenvalue weighted by Gasteiger charge is 2.54. The first kappa shape index (κ1) is 18.8. The van der Waals surface area contributed by atoms with E-state index in [2.05, 4.69) is 24.5 Å². The van der Waals surface area contributed by atoms with Crippen LogP contribution in [0.2, 0.25) is 0 Å². The van der Waals surface area contributed by atoms with Crippen molar-refractivity contribution in [3.05, 3.63) is 23.0 Å². The lowest BCUT2D eigenvalue weighted by Gasteiger charge is -2.59. The van der Waals surface area contributed by atoms with E-state index in [4.69, 9.17) is 0 Å². The zero-order chi connectivity index (χ0) is 20.2. The lowest BCUT2D eigenvalue weighted by molar-refractivity contribution is -0.144. The molecule has 156 valence electrons. The van der Waals surface area contributed by atoms with Gasteiger partial charge in [0.1, 0.15) is 17.2 Å². The summed E-state index contributed by atoms with van der Waals surface area (Å²) in [5.41, 5.74) is 0.141. The molecule has 1 N–H and O–H groups in total. The second kappa shape index (κ2) is 6.64. The SMILES string of the molecule is O=C(N1CC[C@H](c2ncn[nH]2)C1)N1CC2(CC(Cc3nc(C(F)(F)F)ns3)C2)C1. The molecule has 0 bridgehead atoms. The fourth-order valence-electron chi connectivity index (χ4n) is 4.93. The van der Waals surface area contributed by atoms with Crippen LogP contribution in [-0.4, -0.2) is 66.5 Å². The Kier molecular flexibility index (Phi) is 4.30. The summed E-state index contributed by atoms with van der Waals surface area (Å²) >= 11 is 0.837. The van der Waals surface area contributed by atoms with E-state index >= 15 is 0 Å². The van der Waals surface area contributed by atoms with E-state index in [9.17, 15) is 18.0 Å². The predicted molar refractivity (Wildman–Crippen MR) is 96.1 cm³/mol. The van der Waals surface area contributed by atoms with Crippen LogP contribution in [-0.2, 0) is 12.6 Å². The fraction of sp³-hybridized carbons (Fsp3) is 0.706. The number of nitrogens with zero attached hydrogens (tertiary/aromatic N) is 6. The molecule has 29 heavy (non-hydrogen) atoms. The van der Waals surface area contributed by atoms with Gasteiger partial charge in [-0.3, -0.25) is 5.10 Å². The highest BCUT2D eigenvalue weighted by atomic mass is 32.1. The van der Waals surface area contributed by atoms with Gasteiger partial charge in [-0.15, -0.1) is 0 Å². The van der Waals surface area contributed by atoms with E-state index in [0.29, 0.717) is 23.9 Å². The van der Waals surface area contributed by atoms with Crippen molar-refractivity contribution >= 4 is 17.6 Å². The van der Waals surface area contributed by atoms with Gasteiger partial charge in [0, 0.05) is 43.9 Å². The Labute approximate surface area is 168 Å². The average molecular weight is 427 g/mol. The van der Waals surface area contributed by atoms with Gasteiger partial charge in [-0.05, 0) is 36.7 Å². The molecule has 0 aromatic carbocycles. The minimum Gasteiger partial charge on any atom is -0.324 e. The van der Waals surface area contributed by atoms with Crippen LogP contribution in [0.25, 0.3) is 0 Å². The number of amides is 2. The summed E-state index contributed by atoms with van der Waals surface area (Å²) in [6.45, 7) is 2.83. The summed E-state index contributed by atoms with van der Waals surface area (Å²) in [4.78, 5) is 24.3. The smallest absolute Gasteiger partial charge is 0.324 e. The van der Waals surface area contributed by atoms with Crippen LogP contribution in [0.4, 0.5) is 18.0 Å². The van der Waals surface area contributed by atoms with Gasteiger partial charge in [0.25, 0.3) is 0 Å².